The second kappa shape index (κ2) is 12.3. The number of carbonyl (C=O) groups excluding carboxylic acids is 1. The van der Waals surface area contributed by atoms with Crippen molar-refractivity contribution in [2.24, 2.45) is 5.10 Å². The van der Waals surface area contributed by atoms with E-state index in [9.17, 15) is 4.79 Å². The second-order valence-electron chi connectivity index (χ2n) is 7.00. The number of carbonyl (C=O) groups is 1. The van der Waals surface area contributed by atoms with Gasteiger partial charge in [0, 0.05) is 9.50 Å². The minimum Gasteiger partial charge on any atom is -0.490 e. The summed E-state index contributed by atoms with van der Waals surface area (Å²) in [6, 6.07) is 20.2. The van der Waals surface area contributed by atoms with Gasteiger partial charge < -0.3 is 14.2 Å². The lowest BCUT2D eigenvalue weighted by molar-refractivity contribution is -0.127. The van der Waals surface area contributed by atoms with Crippen LogP contribution in [0.15, 0.2) is 76.3 Å². The molecular formula is C25H24BrClN2O4. The number of hydrogen-bond acceptors (Lipinski definition) is 5. The van der Waals surface area contributed by atoms with E-state index in [1.165, 1.54) is 6.21 Å². The van der Waals surface area contributed by atoms with Crippen LogP contribution in [0.2, 0.25) is 5.02 Å². The van der Waals surface area contributed by atoms with Gasteiger partial charge in [-0.2, -0.15) is 5.10 Å². The zero-order valence-corrected chi connectivity index (χ0v) is 20.6. The number of rotatable bonds is 10. The first-order valence-electron chi connectivity index (χ1n) is 10.3. The molecule has 0 aliphatic rings. The summed E-state index contributed by atoms with van der Waals surface area (Å²) in [4.78, 5) is 12.3. The Bertz CT molecular complexity index is 1090. The van der Waals surface area contributed by atoms with Crippen LogP contribution in [0.25, 0.3) is 0 Å². The Morgan fingerprint density at radius 2 is 1.79 bits per heavy atom. The van der Waals surface area contributed by atoms with Crippen LogP contribution in [-0.4, -0.2) is 24.8 Å². The van der Waals surface area contributed by atoms with E-state index in [-0.39, 0.29) is 5.91 Å². The third-order valence-corrected chi connectivity index (χ3v) is 5.24. The van der Waals surface area contributed by atoms with Gasteiger partial charge in [0.2, 0.25) is 0 Å². The molecule has 8 heteroatoms. The summed E-state index contributed by atoms with van der Waals surface area (Å²) in [5.41, 5.74) is 4.24. The first-order valence-corrected chi connectivity index (χ1v) is 11.5. The highest BCUT2D eigenvalue weighted by Crippen LogP contribution is 2.29. The van der Waals surface area contributed by atoms with Gasteiger partial charge in [0.15, 0.2) is 17.6 Å². The Morgan fingerprint density at radius 3 is 2.48 bits per heavy atom. The molecule has 1 amide bonds. The zero-order valence-electron chi connectivity index (χ0n) is 18.3. The molecule has 6 nitrogen and oxygen atoms in total. The zero-order chi connectivity index (χ0) is 23.6. The molecule has 0 radical (unpaired) electrons. The van der Waals surface area contributed by atoms with Gasteiger partial charge in [0.05, 0.1) is 12.8 Å². The van der Waals surface area contributed by atoms with Gasteiger partial charge in [-0.3, -0.25) is 4.79 Å². The lowest BCUT2D eigenvalue weighted by atomic mass is 10.2. The molecule has 0 saturated heterocycles. The van der Waals surface area contributed by atoms with Gasteiger partial charge in [0.25, 0.3) is 5.91 Å². The maximum atomic E-state index is 12.3. The molecular weight excluding hydrogens is 508 g/mol. The van der Waals surface area contributed by atoms with Crippen LogP contribution in [0.4, 0.5) is 0 Å². The van der Waals surface area contributed by atoms with Crippen LogP contribution in [0.1, 0.15) is 25.0 Å². The molecule has 172 valence electrons. The average Bonchev–Trinajstić information content (AvgIpc) is 2.81. The SMILES string of the molecule is CCOc1cc(/C=N/NC(=O)C(C)Oc2ccc(Br)cc2)ccc1OCc1ccc(Cl)cc1. The van der Waals surface area contributed by atoms with E-state index in [0.29, 0.717) is 35.5 Å². The molecule has 0 heterocycles. The molecule has 0 bridgehead atoms. The quantitative estimate of drug-likeness (QED) is 0.257. The second-order valence-corrected chi connectivity index (χ2v) is 8.35. The van der Waals surface area contributed by atoms with Crippen molar-refractivity contribution in [3.63, 3.8) is 0 Å². The number of amides is 1. The van der Waals surface area contributed by atoms with Gasteiger partial charge in [-0.1, -0.05) is 39.7 Å². The summed E-state index contributed by atoms with van der Waals surface area (Å²) in [6.45, 7) is 4.43. The third-order valence-electron chi connectivity index (χ3n) is 4.46. The van der Waals surface area contributed by atoms with E-state index in [2.05, 4.69) is 26.5 Å². The Kier molecular flexibility index (Phi) is 9.15. The number of benzene rings is 3. The molecule has 3 rings (SSSR count). The Labute approximate surface area is 206 Å². The fourth-order valence-electron chi connectivity index (χ4n) is 2.77. The van der Waals surface area contributed by atoms with E-state index in [4.69, 9.17) is 25.8 Å². The van der Waals surface area contributed by atoms with Crippen LogP contribution < -0.4 is 19.6 Å². The lowest BCUT2D eigenvalue weighted by Crippen LogP contribution is -2.33. The highest BCUT2D eigenvalue weighted by molar-refractivity contribution is 9.10. The fourth-order valence-corrected chi connectivity index (χ4v) is 3.16. The number of hydrogen-bond donors (Lipinski definition) is 1. The Balaban J connectivity index is 1.57. The largest absolute Gasteiger partial charge is 0.490 e. The van der Waals surface area contributed by atoms with E-state index < -0.39 is 6.10 Å². The predicted octanol–water partition coefficient (Wildman–Crippen LogP) is 6.00. The van der Waals surface area contributed by atoms with Crippen molar-refractivity contribution in [3.05, 3.63) is 87.4 Å². The molecule has 0 fully saturated rings. The summed E-state index contributed by atoms with van der Waals surface area (Å²) in [7, 11) is 0. The molecule has 3 aromatic rings. The van der Waals surface area contributed by atoms with Crippen molar-refractivity contribution in [1.29, 1.82) is 0 Å². The normalized spacial score (nSPS) is 11.8. The van der Waals surface area contributed by atoms with Crippen molar-refractivity contribution in [2.45, 2.75) is 26.6 Å². The highest BCUT2D eigenvalue weighted by atomic mass is 79.9. The smallest absolute Gasteiger partial charge is 0.280 e. The van der Waals surface area contributed by atoms with Crippen molar-refractivity contribution in [3.8, 4) is 17.2 Å². The first-order chi connectivity index (χ1) is 15.9. The number of hydrazone groups is 1. The summed E-state index contributed by atoms with van der Waals surface area (Å²) in [5.74, 6) is 1.45. The van der Waals surface area contributed by atoms with Crippen molar-refractivity contribution in [1.82, 2.24) is 5.43 Å². The molecule has 0 saturated carbocycles. The van der Waals surface area contributed by atoms with Crippen molar-refractivity contribution < 1.29 is 19.0 Å². The minimum absolute atomic E-state index is 0.359. The molecule has 3 aromatic carbocycles. The van der Waals surface area contributed by atoms with Crippen LogP contribution in [0, 0.1) is 0 Å². The van der Waals surface area contributed by atoms with Gasteiger partial charge in [-0.05, 0) is 79.6 Å². The Morgan fingerprint density at radius 1 is 1.06 bits per heavy atom. The van der Waals surface area contributed by atoms with Crippen LogP contribution in [-0.2, 0) is 11.4 Å². The maximum absolute atomic E-state index is 12.3. The maximum Gasteiger partial charge on any atom is 0.280 e. The summed E-state index contributed by atoms with van der Waals surface area (Å²) < 4.78 is 18.2. The summed E-state index contributed by atoms with van der Waals surface area (Å²) in [5, 5.41) is 4.71. The van der Waals surface area contributed by atoms with Gasteiger partial charge >= 0.3 is 0 Å². The van der Waals surface area contributed by atoms with Crippen LogP contribution in [0.3, 0.4) is 0 Å². The Hall–Kier alpha value is -3.03. The summed E-state index contributed by atoms with van der Waals surface area (Å²) in [6.07, 6.45) is 0.835. The standard InChI is InChI=1S/C25H24BrClN2O4/c1-3-31-24-14-19(6-13-23(24)32-16-18-4-9-21(27)10-5-18)15-28-29-25(30)17(2)33-22-11-7-20(26)8-12-22/h4-15,17H,3,16H2,1-2H3,(H,29,30)/b28-15+. The minimum atomic E-state index is -0.703. The number of halogens is 2. The van der Waals surface area contributed by atoms with Crippen LogP contribution >= 0.6 is 27.5 Å². The average molecular weight is 532 g/mol. The lowest BCUT2D eigenvalue weighted by Gasteiger charge is -2.13. The molecule has 0 aliphatic heterocycles. The third kappa shape index (κ3) is 7.80. The molecule has 1 atom stereocenters. The van der Waals surface area contributed by atoms with Gasteiger partial charge in [0.1, 0.15) is 12.4 Å². The number of nitrogens with zero attached hydrogens (tertiary/aromatic N) is 1. The molecule has 0 spiro atoms. The van der Waals surface area contributed by atoms with Crippen LogP contribution in [0.5, 0.6) is 17.2 Å². The topological polar surface area (TPSA) is 69.2 Å². The van der Waals surface area contributed by atoms with Crippen molar-refractivity contribution >= 4 is 39.7 Å². The molecule has 1 unspecified atom stereocenters. The van der Waals surface area contributed by atoms with Gasteiger partial charge in [-0.25, -0.2) is 5.43 Å². The molecule has 33 heavy (non-hydrogen) atoms. The molecule has 0 aromatic heterocycles. The van der Waals surface area contributed by atoms with E-state index in [1.807, 2.05) is 55.5 Å². The molecule has 1 N–H and O–H groups in total. The monoisotopic (exact) mass is 530 g/mol. The van der Waals surface area contributed by atoms with Gasteiger partial charge in [-0.15, -0.1) is 0 Å². The number of nitrogens with one attached hydrogen (secondary N) is 1. The van der Waals surface area contributed by atoms with E-state index in [0.717, 1.165) is 15.6 Å². The fraction of sp³-hybridized carbons (Fsp3) is 0.200. The molecule has 0 aliphatic carbocycles. The van der Waals surface area contributed by atoms with E-state index in [1.54, 1.807) is 25.1 Å². The summed E-state index contributed by atoms with van der Waals surface area (Å²) >= 11 is 9.29. The van der Waals surface area contributed by atoms with Crippen molar-refractivity contribution in [2.75, 3.05) is 6.61 Å². The first kappa shape index (κ1) is 24.6. The van der Waals surface area contributed by atoms with E-state index >= 15 is 0 Å². The predicted molar refractivity (Wildman–Crippen MR) is 133 cm³/mol. The highest BCUT2D eigenvalue weighted by Gasteiger charge is 2.14. The number of ether oxygens (including phenoxy) is 3.